The fraction of sp³-hybridized carbons (Fsp3) is 0.929. The number of rotatable bonds is 8. The summed E-state index contributed by atoms with van der Waals surface area (Å²) < 4.78 is 15.5. The fourth-order valence-electron chi connectivity index (χ4n) is 2.35. The Morgan fingerprint density at radius 3 is 2.74 bits per heavy atom. The normalized spacial score (nSPS) is 27.2. The van der Waals surface area contributed by atoms with E-state index in [0.717, 1.165) is 25.7 Å². The molecular weight excluding hydrogens is 246 g/mol. The zero-order valence-electron chi connectivity index (χ0n) is 12.2. The molecule has 2 N–H and O–H groups in total. The molecule has 0 aromatic rings. The molecule has 1 rings (SSSR count). The van der Waals surface area contributed by atoms with Crippen LogP contribution in [-0.4, -0.2) is 45.5 Å². The zero-order chi connectivity index (χ0) is 14.1. The van der Waals surface area contributed by atoms with Gasteiger partial charge in [0.25, 0.3) is 0 Å². The fourth-order valence-corrected chi connectivity index (χ4v) is 2.35. The van der Waals surface area contributed by atoms with Crippen molar-refractivity contribution in [1.29, 1.82) is 0 Å². The molecule has 112 valence electrons. The van der Waals surface area contributed by atoms with Crippen LogP contribution >= 0.6 is 0 Å². The molecule has 0 heterocycles. The second-order valence-electron chi connectivity index (χ2n) is 5.36. The van der Waals surface area contributed by atoms with E-state index in [1.165, 1.54) is 0 Å². The highest BCUT2D eigenvalue weighted by atomic mass is 16.5. The van der Waals surface area contributed by atoms with E-state index in [-0.39, 0.29) is 12.0 Å². The lowest BCUT2D eigenvalue weighted by Crippen LogP contribution is -2.48. The van der Waals surface area contributed by atoms with Crippen molar-refractivity contribution in [3.63, 3.8) is 0 Å². The van der Waals surface area contributed by atoms with Crippen molar-refractivity contribution in [2.75, 3.05) is 33.5 Å². The summed E-state index contributed by atoms with van der Waals surface area (Å²) in [6.07, 6.45) is 4.61. The number of carbonyl (C=O) groups is 1. The summed E-state index contributed by atoms with van der Waals surface area (Å²) in [6.45, 7) is 4.07. The monoisotopic (exact) mass is 273 g/mol. The molecular formula is C14H27NO4. The quantitative estimate of drug-likeness (QED) is 0.536. The van der Waals surface area contributed by atoms with Gasteiger partial charge in [-0.2, -0.15) is 0 Å². The van der Waals surface area contributed by atoms with E-state index in [2.05, 4.69) is 0 Å². The first-order valence-electron chi connectivity index (χ1n) is 7.11. The maximum absolute atomic E-state index is 12.1. The van der Waals surface area contributed by atoms with Crippen molar-refractivity contribution < 1.29 is 19.0 Å². The number of methoxy groups -OCH3 is 1. The maximum Gasteiger partial charge on any atom is 0.313 e. The van der Waals surface area contributed by atoms with Crippen molar-refractivity contribution in [3.05, 3.63) is 0 Å². The van der Waals surface area contributed by atoms with E-state index in [0.29, 0.717) is 32.8 Å². The van der Waals surface area contributed by atoms with Gasteiger partial charge in [0, 0.05) is 26.2 Å². The Balaban J connectivity index is 2.16. The molecule has 0 aromatic heterocycles. The van der Waals surface area contributed by atoms with Crippen molar-refractivity contribution >= 4 is 5.97 Å². The number of esters is 1. The lowest BCUT2D eigenvalue weighted by atomic mass is 9.72. The second-order valence-corrected chi connectivity index (χ2v) is 5.36. The molecule has 0 amide bonds. The number of carbonyl (C=O) groups excluding carboxylic acids is 1. The SMILES string of the molecule is COCCOCCCOC(=O)C1(C)CCCCC1N. The third kappa shape index (κ3) is 5.09. The summed E-state index contributed by atoms with van der Waals surface area (Å²) in [6, 6.07) is -0.0771. The highest BCUT2D eigenvalue weighted by molar-refractivity contribution is 5.77. The van der Waals surface area contributed by atoms with E-state index >= 15 is 0 Å². The topological polar surface area (TPSA) is 70.8 Å². The van der Waals surface area contributed by atoms with E-state index in [9.17, 15) is 4.79 Å². The van der Waals surface area contributed by atoms with Crippen LogP contribution in [0.2, 0.25) is 0 Å². The van der Waals surface area contributed by atoms with Crippen molar-refractivity contribution in [2.45, 2.75) is 45.1 Å². The van der Waals surface area contributed by atoms with E-state index in [4.69, 9.17) is 19.9 Å². The third-order valence-electron chi connectivity index (χ3n) is 3.84. The van der Waals surface area contributed by atoms with Crippen LogP contribution in [0.4, 0.5) is 0 Å². The van der Waals surface area contributed by atoms with Gasteiger partial charge in [0.05, 0.1) is 25.2 Å². The van der Waals surface area contributed by atoms with Crippen LogP contribution in [0.15, 0.2) is 0 Å². The molecule has 2 unspecified atom stereocenters. The minimum Gasteiger partial charge on any atom is -0.465 e. The smallest absolute Gasteiger partial charge is 0.313 e. The van der Waals surface area contributed by atoms with Gasteiger partial charge in [0.1, 0.15) is 0 Å². The number of ether oxygens (including phenoxy) is 3. The van der Waals surface area contributed by atoms with E-state index in [1.54, 1.807) is 7.11 Å². The Hall–Kier alpha value is -0.650. The average molecular weight is 273 g/mol. The van der Waals surface area contributed by atoms with Crippen molar-refractivity contribution in [3.8, 4) is 0 Å². The van der Waals surface area contributed by atoms with Crippen molar-refractivity contribution in [1.82, 2.24) is 0 Å². The van der Waals surface area contributed by atoms with Crippen LogP contribution in [0.3, 0.4) is 0 Å². The lowest BCUT2D eigenvalue weighted by Gasteiger charge is -2.36. The molecule has 1 aliphatic rings. The highest BCUT2D eigenvalue weighted by Crippen LogP contribution is 2.36. The Labute approximate surface area is 115 Å². The van der Waals surface area contributed by atoms with Gasteiger partial charge in [0.15, 0.2) is 0 Å². The molecule has 1 saturated carbocycles. The summed E-state index contributed by atoms with van der Waals surface area (Å²) in [5.74, 6) is -0.156. The largest absolute Gasteiger partial charge is 0.465 e. The Bertz CT molecular complexity index is 272. The third-order valence-corrected chi connectivity index (χ3v) is 3.84. The molecule has 5 heteroatoms. The number of hydrogen-bond donors (Lipinski definition) is 1. The molecule has 5 nitrogen and oxygen atoms in total. The second kappa shape index (κ2) is 8.51. The van der Waals surface area contributed by atoms with Gasteiger partial charge in [-0.05, 0) is 19.8 Å². The molecule has 1 aliphatic carbocycles. The summed E-state index contributed by atoms with van der Waals surface area (Å²) >= 11 is 0. The van der Waals surface area contributed by atoms with Gasteiger partial charge < -0.3 is 19.9 Å². The molecule has 1 fully saturated rings. The predicted octanol–water partition coefficient (Wildman–Crippen LogP) is 1.49. The van der Waals surface area contributed by atoms with Gasteiger partial charge in [-0.25, -0.2) is 0 Å². The first-order chi connectivity index (χ1) is 9.11. The summed E-state index contributed by atoms with van der Waals surface area (Å²) in [5.41, 5.74) is 5.56. The molecule has 0 spiro atoms. The van der Waals surface area contributed by atoms with Crippen LogP contribution in [-0.2, 0) is 19.0 Å². The van der Waals surface area contributed by atoms with Gasteiger partial charge in [0.2, 0.25) is 0 Å². The van der Waals surface area contributed by atoms with E-state index in [1.807, 2.05) is 6.92 Å². The predicted molar refractivity (Wildman–Crippen MR) is 72.8 cm³/mol. The molecule has 2 atom stereocenters. The number of nitrogens with two attached hydrogens (primary N) is 1. The summed E-state index contributed by atoms with van der Waals surface area (Å²) in [5, 5.41) is 0. The van der Waals surface area contributed by atoms with Gasteiger partial charge >= 0.3 is 5.97 Å². The van der Waals surface area contributed by atoms with Gasteiger partial charge in [-0.15, -0.1) is 0 Å². The van der Waals surface area contributed by atoms with Gasteiger partial charge in [-0.3, -0.25) is 4.79 Å². The van der Waals surface area contributed by atoms with Gasteiger partial charge in [-0.1, -0.05) is 12.8 Å². The number of hydrogen-bond acceptors (Lipinski definition) is 5. The average Bonchev–Trinajstić information content (AvgIpc) is 2.41. The van der Waals surface area contributed by atoms with Crippen LogP contribution in [0.5, 0.6) is 0 Å². The Kier molecular flexibility index (Phi) is 7.34. The Morgan fingerprint density at radius 1 is 1.26 bits per heavy atom. The first-order valence-corrected chi connectivity index (χ1v) is 7.11. The lowest BCUT2D eigenvalue weighted by molar-refractivity contribution is -0.158. The zero-order valence-corrected chi connectivity index (χ0v) is 12.2. The highest BCUT2D eigenvalue weighted by Gasteiger charge is 2.42. The maximum atomic E-state index is 12.1. The molecule has 0 radical (unpaired) electrons. The first kappa shape index (κ1) is 16.4. The minimum atomic E-state index is -0.505. The summed E-state index contributed by atoms with van der Waals surface area (Å²) in [7, 11) is 1.64. The van der Waals surface area contributed by atoms with Crippen molar-refractivity contribution in [2.24, 2.45) is 11.1 Å². The Morgan fingerprint density at radius 2 is 2.05 bits per heavy atom. The molecule has 0 aliphatic heterocycles. The molecule has 0 saturated heterocycles. The molecule has 19 heavy (non-hydrogen) atoms. The van der Waals surface area contributed by atoms with Crippen LogP contribution < -0.4 is 5.73 Å². The van der Waals surface area contributed by atoms with Crippen LogP contribution in [0, 0.1) is 5.41 Å². The van der Waals surface area contributed by atoms with Crippen LogP contribution in [0.1, 0.15) is 39.0 Å². The summed E-state index contributed by atoms with van der Waals surface area (Å²) in [4.78, 5) is 12.1. The van der Waals surface area contributed by atoms with Crippen LogP contribution in [0.25, 0.3) is 0 Å². The van der Waals surface area contributed by atoms with E-state index < -0.39 is 5.41 Å². The molecule has 0 aromatic carbocycles. The minimum absolute atomic E-state index is 0.0771. The molecule has 0 bridgehead atoms. The standard InChI is InChI=1S/C14H27NO4/c1-14(7-4-3-6-12(14)15)13(16)19-9-5-8-18-11-10-17-2/h12H,3-11,15H2,1-2H3.